The number of esters is 1. The maximum Gasteiger partial charge on any atom is 0.341 e. The van der Waals surface area contributed by atoms with Crippen LogP contribution < -0.4 is 10.1 Å². The molecule has 1 heterocycles. The highest BCUT2D eigenvalue weighted by Crippen LogP contribution is 2.40. The van der Waals surface area contributed by atoms with Crippen LogP contribution in [-0.4, -0.2) is 25.1 Å². The van der Waals surface area contributed by atoms with Gasteiger partial charge in [-0.15, -0.1) is 11.3 Å². The summed E-state index contributed by atoms with van der Waals surface area (Å²) in [5, 5.41) is 3.49. The number of nitrogens with one attached hydrogen (secondary N) is 1. The van der Waals surface area contributed by atoms with E-state index in [2.05, 4.69) is 39.1 Å². The highest BCUT2D eigenvalue weighted by Gasteiger charge is 2.29. The normalized spacial score (nSPS) is 15.9. The number of fused-ring (bicyclic) bond motifs is 1. The maximum absolute atomic E-state index is 12.7. The fourth-order valence-electron chi connectivity index (χ4n) is 3.92. The van der Waals surface area contributed by atoms with Crippen molar-refractivity contribution in [2.24, 2.45) is 5.92 Å². The van der Waals surface area contributed by atoms with Crippen LogP contribution in [-0.2, 0) is 27.8 Å². The van der Waals surface area contributed by atoms with E-state index in [0.29, 0.717) is 28.8 Å². The quantitative estimate of drug-likeness (QED) is 0.584. The Balaban J connectivity index is 1.78. The van der Waals surface area contributed by atoms with Crippen molar-refractivity contribution < 1.29 is 19.1 Å². The fourth-order valence-corrected chi connectivity index (χ4v) is 5.33. The molecule has 1 amide bonds. The van der Waals surface area contributed by atoms with Crippen molar-refractivity contribution in [2.45, 2.75) is 66.2 Å². The van der Waals surface area contributed by atoms with Gasteiger partial charge in [-0.25, -0.2) is 4.79 Å². The number of aryl methyl sites for hydroxylation is 1. The van der Waals surface area contributed by atoms with Gasteiger partial charge < -0.3 is 14.8 Å². The number of benzene rings is 1. The molecule has 1 aromatic heterocycles. The molecule has 1 aliphatic carbocycles. The minimum atomic E-state index is -0.362. The largest absolute Gasteiger partial charge is 0.483 e. The lowest BCUT2D eigenvalue weighted by Crippen LogP contribution is -2.23. The van der Waals surface area contributed by atoms with Crippen molar-refractivity contribution in [3.05, 3.63) is 45.3 Å². The second kappa shape index (κ2) is 9.43. The second-order valence-electron chi connectivity index (χ2n) is 9.36. The van der Waals surface area contributed by atoms with Gasteiger partial charge in [0.15, 0.2) is 6.61 Å². The third-order valence-corrected chi connectivity index (χ3v) is 6.72. The van der Waals surface area contributed by atoms with Crippen LogP contribution in [0.15, 0.2) is 18.2 Å². The molecular formula is C25H33NO4S. The minimum absolute atomic E-state index is 0.0988. The number of thiophene rings is 1. The van der Waals surface area contributed by atoms with Crippen LogP contribution in [0, 0.1) is 12.8 Å². The van der Waals surface area contributed by atoms with Gasteiger partial charge in [-0.3, -0.25) is 4.79 Å². The van der Waals surface area contributed by atoms with Gasteiger partial charge in [0, 0.05) is 4.88 Å². The van der Waals surface area contributed by atoms with E-state index in [-0.39, 0.29) is 23.9 Å². The number of amides is 1. The average Bonchev–Trinajstić information content (AvgIpc) is 3.03. The first-order valence-corrected chi connectivity index (χ1v) is 11.8. The molecule has 31 heavy (non-hydrogen) atoms. The van der Waals surface area contributed by atoms with E-state index >= 15 is 0 Å². The SMILES string of the molecule is CCOC(=O)c1c(NC(=O)COc2ccc(C)cc2C(C)(C)C)sc2c1CC[C@@H](C)C2. The van der Waals surface area contributed by atoms with Gasteiger partial charge in [-0.05, 0) is 61.6 Å². The number of carbonyl (C=O) groups is 2. The lowest BCUT2D eigenvalue weighted by Gasteiger charge is -2.23. The smallest absolute Gasteiger partial charge is 0.341 e. The topological polar surface area (TPSA) is 64.6 Å². The molecule has 0 saturated heterocycles. The molecule has 1 N–H and O–H groups in total. The highest BCUT2D eigenvalue weighted by atomic mass is 32.1. The van der Waals surface area contributed by atoms with E-state index in [4.69, 9.17) is 9.47 Å². The van der Waals surface area contributed by atoms with Crippen LogP contribution in [0.4, 0.5) is 5.00 Å². The highest BCUT2D eigenvalue weighted by molar-refractivity contribution is 7.17. The van der Waals surface area contributed by atoms with Crippen molar-refractivity contribution in [3.8, 4) is 5.75 Å². The van der Waals surface area contributed by atoms with Crippen LogP contribution in [0.25, 0.3) is 0 Å². The summed E-state index contributed by atoms with van der Waals surface area (Å²) in [6.45, 7) is 12.6. The Morgan fingerprint density at radius 3 is 2.68 bits per heavy atom. The first-order valence-electron chi connectivity index (χ1n) is 11.0. The summed E-state index contributed by atoms with van der Waals surface area (Å²) in [5.41, 5.74) is 3.67. The predicted octanol–water partition coefficient (Wildman–Crippen LogP) is 5.67. The molecule has 2 aromatic rings. The number of hydrogen-bond acceptors (Lipinski definition) is 5. The standard InChI is InChI=1S/C25H33NO4S/c1-7-29-24(28)22-17-10-8-16(3)13-20(17)31-23(22)26-21(27)14-30-19-11-9-15(2)12-18(19)25(4,5)6/h9,11-12,16H,7-8,10,13-14H2,1-6H3,(H,26,27)/t16-/m1/s1. The third kappa shape index (κ3) is 5.48. The molecule has 1 aliphatic rings. The van der Waals surface area contributed by atoms with Crippen molar-refractivity contribution in [1.82, 2.24) is 0 Å². The molecule has 168 valence electrons. The summed E-state index contributed by atoms with van der Waals surface area (Å²) in [7, 11) is 0. The zero-order valence-corrected chi connectivity index (χ0v) is 20.2. The predicted molar refractivity (Wildman–Crippen MR) is 125 cm³/mol. The second-order valence-corrected chi connectivity index (χ2v) is 10.5. The molecule has 1 atom stereocenters. The molecular weight excluding hydrogens is 410 g/mol. The summed E-state index contributed by atoms with van der Waals surface area (Å²) in [5.74, 6) is 0.639. The third-order valence-electron chi connectivity index (χ3n) is 5.55. The van der Waals surface area contributed by atoms with E-state index in [1.807, 2.05) is 19.1 Å². The van der Waals surface area contributed by atoms with Crippen LogP contribution in [0.5, 0.6) is 5.75 Å². The number of hydrogen-bond donors (Lipinski definition) is 1. The molecule has 6 heteroatoms. The van der Waals surface area contributed by atoms with Crippen molar-refractivity contribution in [3.63, 3.8) is 0 Å². The van der Waals surface area contributed by atoms with Gasteiger partial charge in [0.25, 0.3) is 5.91 Å². The van der Waals surface area contributed by atoms with Crippen LogP contribution in [0.3, 0.4) is 0 Å². The van der Waals surface area contributed by atoms with Crippen LogP contribution in [0.1, 0.15) is 73.0 Å². The molecule has 0 aliphatic heterocycles. The van der Waals surface area contributed by atoms with E-state index < -0.39 is 0 Å². The maximum atomic E-state index is 12.7. The first kappa shape index (κ1) is 23.3. The van der Waals surface area contributed by atoms with Gasteiger partial charge in [-0.1, -0.05) is 45.4 Å². The molecule has 1 aromatic carbocycles. The molecule has 0 unspecified atom stereocenters. The fraction of sp³-hybridized carbons (Fsp3) is 0.520. The zero-order chi connectivity index (χ0) is 22.8. The summed E-state index contributed by atoms with van der Waals surface area (Å²) in [6, 6.07) is 5.99. The van der Waals surface area contributed by atoms with Crippen LogP contribution in [0.2, 0.25) is 0 Å². The van der Waals surface area contributed by atoms with Gasteiger partial charge in [0.1, 0.15) is 10.8 Å². The lowest BCUT2D eigenvalue weighted by molar-refractivity contribution is -0.118. The lowest BCUT2D eigenvalue weighted by atomic mass is 9.85. The summed E-state index contributed by atoms with van der Waals surface area (Å²) in [6.07, 6.45) is 2.80. The molecule has 5 nitrogen and oxygen atoms in total. The monoisotopic (exact) mass is 443 g/mol. The van der Waals surface area contributed by atoms with E-state index in [1.54, 1.807) is 6.92 Å². The number of ether oxygens (including phenoxy) is 2. The number of rotatable bonds is 6. The Morgan fingerprint density at radius 1 is 1.26 bits per heavy atom. The Labute approximate surface area is 189 Å². The van der Waals surface area contributed by atoms with E-state index in [1.165, 1.54) is 16.2 Å². The summed E-state index contributed by atoms with van der Waals surface area (Å²) >= 11 is 1.49. The van der Waals surface area contributed by atoms with Gasteiger partial charge in [0.2, 0.25) is 0 Å². The average molecular weight is 444 g/mol. The van der Waals surface area contributed by atoms with Crippen molar-refractivity contribution in [1.29, 1.82) is 0 Å². The Morgan fingerprint density at radius 2 is 2.00 bits per heavy atom. The summed E-state index contributed by atoms with van der Waals surface area (Å²) in [4.78, 5) is 26.5. The van der Waals surface area contributed by atoms with Crippen LogP contribution >= 0.6 is 11.3 Å². The molecule has 0 spiro atoms. The number of anilines is 1. The summed E-state index contributed by atoms with van der Waals surface area (Å²) < 4.78 is 11.2. The van der Waals surface area contributed by atoms with Gasteiger partial charge in [0.05, 0.1) is 12.2 Å². The van der Waals surface area contributed by atoms with E-state index in [9.17, 15) is 9.59 Å². The van der Waals surface area contributed by atoms with Gasteiger partial charge in [-0.2, -0.15) is 0 Å². The first-order chi connectivity index (χ1) is 14.6. The molecule has 3 rings (SSSR count). The van der Waals surface area contributed by atoms with Gasteiger partial charge >= 0.3 is 5.97 Å². The molecule has 0 bridgehead atoms. The van der Waals surface area contributed by atoms with Crippen molar-refractivity contribution >= 4 is 28.2 Å². The molecule has 0 fully saturated rings. The Kier molecular flexibility index (Phi) is 7.10. The number of carbonyl (C=O) groups excluding carboxylic acids is 2. The van der Waals surface area contributed by atoms with Crippen molar-refractivity contribution in [2.75, 3.05) is 18.5 Å². The molecule has 0 saturated carbocycles. The minimum Gasteiger partial charge on any atom is -0.483 e. The Hall–Kier alpha value is -2.34. The zero-order valence-electron chi connectivity index (χ0n) is 19.4. The van der Waals surface area contributed by atoms with E-state index in [0.717, 1.165) is 36.0 Å². The Bertz CT molecular complexity index is 971. The molecule has 0 radical (unpaired) electrons.